The van der Waals surface area contributed by atoms with E-state index in [1.807, 2.05) is 67.6 Å². The lowest BCUT2D eigenvalue weighted by atomic mass is 9.90. The molecule has 0 aliphatic rings. The number of fused-ring (bicyclic) bond motifs is 1. The minimum atomic E-state index is -4.18. The van der Waals surface area contributed by atoms with Crippen molar-refractivity contribution >= 4 is 50.2 Å². The molecule has 3 N–H and O–H groups in total. The van der Waals surface area contributed by atoms with Gasteiger partial charge in [0.05, 0.1) is 29.0 Å². The summed E-state index contributed by atoms with van der Waals surface area (Å²) in [6.45, 7) is 2.19. The molecule has 0 saturated carbocycles. The van der Waals surface area contributed by atoms with Crippen LogP contribution in [0.25, 0.3) is 22.3 Å². The van der Waals surface area contributed by atoms with Crippen LogP contribution >= 0.6 is 11.6 Å². The molecule has 1 unspecified atom stereocenters. The zero-order valence-corrected chi connectivity index (χ0v) is 25.9. The van der Waals surface area contributed by atoms with Gasteiger partial charge in [0.25, 0.3) is 16.0 Å². The lowest BCUT2D eigenvalue weighted by Crippen LogP contribution is -2.28. The third-order valence-corrected chi connectivity index (χ3v) is 8.18. The van der Waals surface area contributed by atoms with Gasteiger partial charge < -0.3 is 19.8 Å². The van der Waals surface area contributed by atoms with Crippen LogP contribution in [0, 0.1) is 0 Å². The van der Waals surface area contributed by atoms with E-state index in [0.717, 1.165) is 27.7 Å². The zero-order chi connectivity index (χ0) is 32.0. The van der Waals surface area contributed by atoms with E-state index >= 15 is 0 Å². The number of nitrogens with one attached hydrogen (secondary N) is 2. The van der Waals surface area contributed by atoms with Gasteiger partial charge in [0.15, 0.2) is 0 Å². The minimum absolute atomic E-state index is 0.221. The maximum atomic E-state index is 13.8. The number of hydrogen-bond donors (Lipinski definition) is 3. The van der Waals surface area contributed by atoms with Crippen LogP contribution in [0.15, 0.2) is 101 Å². The van der Waals surface area contributed by atoms with Gasteiger partial charge >= 0.3 is 0 Å². The molecule has 9 nitrogen and oxygen atoms in total. The highest BCUT2D eigenvalue weighted by Gasteiger charge is 2.23. The maximum absolute atomic E-state index is 13.8. The predicted molar refractivity (Wildman–Crippen MR) is 175 cm³/mol. The number of benzene rings is 4. The number of para-hydroxylation sites is 1. The zero-order valence-electron chi connectivity index (χ0n) is 24.3. The molecule has 45 heavy (non-hydrogen) atoms. The lowest BCUT2D eigenvalue weighted by Gasteiger charge is -2.19. The Morgan fingerprint density at radius 3 is 2.36 bits per heavy atom. The Labute approximate surface area is 265 Å². The molecule has 0 aliphatic carbocycles. The van der Waals surface area contributed by atoms with Gasteiger partial charge in [0, 0.05) is 23.1 Å². The molecular weight excluding hydrogens is 616 g/mol. The molecule has 2 amide bonds. The van der Waals surface area contributed by atoms with E-state index in [-0.39, 0.29) is 12.5 Å². The van der Waals surface area contributed by atoms with E-state index in [4.69, 9.17) is 25.3 Å². The van der Waals surface area contributed by atoms with Crippen molar-refractivity contribution in [3.63, 3.8) is 0 Å². The highest BCUT2D eigenvalue weighted by molar-refractivity contribution is 7.85. The number of anilines is 1. The Bertz CT molecular complexity index is 1890. The summed E-state index contributed by atoms with van der Waals surface area (Å²) in [5.74, 6) is -0.590. The topological polar surface area (TPSA) is 135 Å². The Balaban J connectivity index is 1.34. The Hall–Kier alpha value is -4.64. The van der Waals surface area contributed by atoms with Gasteiger partial charge in [-0.05, 0) is 79.1 Å². The average Bonchev–Trinajstić information content (AvgIpc) is 3.46. The molecule has 0 bridgehead atoms. The molecule has 1 atom stereocenters. The first-order chi connectivity index (χ1) is 21.6. The molecule has 4 aromatic carbocycles. The number of carbonyl (C=O) groups is 2. The summed E-state index contributed by atoms with van der Waals surface area (Å²) in [4.78, 5) is 26.2. The van der Waals surface area contributed by atoms with Crippen molar-refractivity contribution in [2.75, 3.05) is 24.2 Å². The van der Waals surface area contributed by atoms with Crippen molar-refractivity contribution in [2.24, 2.45) is 0 Å². The fourth-order valence-corrected chi connectivity index (χ4v) is 5.45. The smallest absolute Gasteiger partial charge is 0.266 e. The Morgan fingerprint density at radius 1 is 0.956 bits per heavy atom. The van der Waals surface area contributed by atoms with Crippen molar-refractivity contribution < 1.29 is 31.7 Å². The molecule has 5 aromatic rings. The summed E-state index contributed by atoms with van der Waals surface area (Å²) in [5.41, 5.74) is 3.87. The molecule has 1 heterocycles. The highest BCUT2D eigenvalue weighted by Crippen LogP contribution is 2.33. The molecule has 0 fully saturated rings. The van der Waals surface area contributed by atoms with Crippen LogP contribution in [0.5, 0.6) is 5.75 Å². The van der Waals surface area contributed by atoms with E-state index in [0.29, 0.717) is 40.8 Å². The summed E-state index contributed by atoms with van der Waals surface area (Å²) in [7, 11) is -4.18. The van der Waals surface area contributed by atoms with E-state index < -0.39 is 27.7 Å². The molecular formula is C34H31ClN2O7S. The first-order valence-electron chi connectivity index (χ1n) is 14.2. The third kappa shape index (κ3) is 8.30. The molecule has 0 spiro atoms. The number of amides is 2. The molecule has 11 heteroatoms. The van der Waals surface area contributed by atoms with Crippen molar-refractivity contribution in [1.29, 1.82) is 0 Å². The van der Waals surface area contributed by atoms with Crippen LogP contribution in [0.1, 0.15) is 34.3 Å². The molecule has 0 radical (unpaired) electrons. The van der Waals surface area contributed by atoms with Crippen molar-refractivity contribution in [3.8, 4) is 17.1 Å². The predicted octanol–water partition coefficient (Wildman–Crippen LogP) is 6.73. The monoisotopic (exact) mass is 646 g/mol. The maximum Gasteiger partial charge on any atom is 0.266 e. The summed E-state index contributed by atoms with van der Waals surface area (Å²) >= 11 is 6.64. The van der Waals surface area contributed by atoms with Crippen LogP contribution in [0.3, 0.4) is 0 Å². The quantitative estimate of drug-likeness (QED) is 0.128. The largest absolute Gasteiger partial charge is 0.494 e. The second-order valence-electron chi connectivity index (χ2n) is 10.3. The number of rotatable bonds is 12. The summed E-state index contributed by atoms with van der Waals surface area (Å²) in [6.07, 6.45) is 0.319. The fourth-order valence-electron chi connectivity index (χ4n) is 4.86. The first kappa shape index (κ1) is 31.8. The van der Waals surface area contributed by atoms with Crippen molar-refractivity contribution in [3.05, 3.63) is 119 Å². The van der Waals surface area contributed by atoms with E-state index in [2.05, 4.69) is 10.6 Å². The normalized spacial score (nSPS) is 12.1. The highest BCUT2D eigenvalue weighted by atomic mass is 35.5. The van der Waals surface area contributed by atoms with E-state index in [1.54, 1.807) is 36.4 Å². The fraction of sp³-hybridized carbons (Fsp3) is 0.176. The van der Waals surface area contributed by atoms with Crippen LogP contribution in [0.2, 0.25) is 5.02 Å². The van der Waals surface area contributed by atoms with Gasteiger partial charge in [-0.1, -0.05) is 54.1 Å². The van der Waals surface area contributed by atoms with Gasteiger partial charge in [-0.3, -0.25) is 14.1 Å². The second kappa shape index (κ2) is 14.0. The number of ether oxygens (including phenoxy) is 1. The number of furan rings is 1. The van der Waals surface area contributed by atoms with Gasteiger partial charge in [-0.2, -0.15) is 8.42 Å². The number of carbonyl (C=O) groups excluding carboxylic acids is 2. The van der Waals surface area contributed by atoms with Crippen molar-refractivity contribution in [1.82, 2.24) is 5.32 Å². The molecule has 5 rings (SSSR count). The van der Waals surface area contributed by atoms with E-state index in [9.17, 15) is 18.0 Å². The number of halogens is 1. The third-order valence-electron chi connectivity index (χ3n) is 7.15. The van der Waals surface area contributed by atoms with Gasteiger partial charge in [-0.15, -0.1) is 0 Å². The average molecular weight is 647 g/mol. The molecule has 0 aliphatic heterocycles. The minimum Gasteiger partial charge on any atom is -0.494 e. The molecule has 0 saturated heterocycles. The lowest BCUT2D eigenvalue weighted by molar-refractivity contribution is -0.117. The summed E-state index contributed by atoms with van der Waals surface area (Å²) in [5, 5.41) is 6.76. The standard InChI is InChI=1S/C34H31ClN2O7S/c1-2-43-27-14-11-23(12-15-27)28(19-22-7-9-24(10-8-22)33(38)36-17-18-45(40,41)42)34(39)37-30-16-13-26(20-29(30)35)32-21-25-5-3-4-6-31(25)44-32/h3-16,20-21,28H,2,17-19H2,1H3,(H,36,38)(H,37,39)(H,40,41,42). The first-order valence-corrected chi connectivity index (χ1v) is 16.2. The van der Waals surface area contributed by atoms with Crippen LogP contribution in [0.4, 0.5) is 5.69 Å². The molecule has 1 aromatic heterocycles. The summed E-state index contributed by atoms with van der Waals surface area (Å²) < 4.78 is 42.2. The van der Waals surface area contributed by atoms with Crippen molar-refractivity contribution in [2.45, 2.75) is 19.3 Å². The Kier molecular flexibility index (Phi) is 9.87. The Morgan fingerprint density at radius 2 is 1.69 bits per heavy atom. The van der Waals surface area contributed by atoms with Gasteiger partial charge in [0.1, 0.15) is 17.1 Å². The number of hydrogen-bond acceptors (Lipinski definition) is 6. The summed E-state index contributed by atoms with van der Waals surface area (Å²) in [6, 6.07) is 29.0. The van der Waals surface area contributed by atoms with Gasteiger partial charge in [-0.25, -0.2) is 0 Å². The van der Waals surface area contributed by atoms with Crippen LogP contribution < -0.4 is 15.4 Å². The van der Waals surface area contributed by atoms with Crippen LogP contribution in [-0.2, 0) is 21.3 Å². The van der Waals surface area contributed by atoms with E-state index in [1.165, 1.54) is 0 Å². The van der Waals surface area contributed by atoms with Gasteiger partial charge in [0.2, 0.25) is 5.91 Å². The second-order valence-corrected chi connectivity index (χ2v) is 12.3. The molecule has 232 valence electrons. The SMILES string of the molecule is CCOc1ccc(C(Cc2ccc(C(=O)NCCS(=O)(=O)O)cc2)C(=O)Nc2ccc(-c3cc4ccccc4o3)cc2Cl)cc1. The van der Waals surface area contributed by atoms with Crippen LogP contribution in [-0.4, -0.2) is 43.7 Å².